The Kier molecular flexibility index (Phi) is 9.50. The smallest absolute Gasteiger partial charge is 0.494 e. The first-order valence-corrected chi connectivity index (χ1v) is 13.6. The predicted octanol–water partition coefficient (Wildman–Crippen LogP) is 4.12. The van der Waals surface area contributed by atoms with Crippen molar-refractivity contribution in [1.29, 1.82) is 0 Å². The third kappa shape index (κ3) is 7.05. The van der Waals surface area contributed by atoms with Crippen LogP contribution < -0.4 is 15.0 Å². The molecule has 3 rings (SSSR count). The molecule has 36 heavy (non-hydrogen) atoms. The number of rotatable bonds is 11. The molecule has 0 saturated carbocycles. The maximum atomic E-state index is 13.2. The van der Waals surface area contributed by atoms with Crippen LogP contribution in [0.2, 0.25) is 0 Å². The molecule has 0 bridgehead atoms. The van der Waals surface area contributed by atoms with Crippen molar-refractivity contribution < 1.29 is 45.8 Å². The lowest BCUT2D eigenvalue weighted by Crippen LogP contribution is -2.54. The molecule has 8 nitrogen and oxygen atoms in total. The zero-order valence-corrected chi connectivity index (χ0v) is 20.8. The molecule has 2 N–H and O–H groups in total. The maximum absolute atomic E-state index is 13.2. The van der Waals surface area contributed by atoms with E-state index in [1.165, 1.54) is 59.7 Å². The zero-order chi connectivity index (χ0) is 26.2. The summed E-state index contributed by atoms with van der Waals surface area (Å²) < 4.78 is 76.4. The molecule has 0 unspecified atom stereocenters. The minimum absolute atomic E-state index is 0.0624. The number of sulfone groups is 1. The van der Waals surface area contributed by atoms with Gasteiger partial charge in [-0.2, -0.15) is 11.8 Å². The predicted molar refractivity (Wildman–Crippen MR) is 126 cm³/mol. The van der Waals surface area contributed by atoms with Crippen molar-refractivity contribution in [3.8, 4) is 11.5 Å². The van der Waals surface area contributed by atoms with Gasteiger partial charge in [0.1, 0.15) is 11.5 Å². The highest BCUT2D eigenvalue weighted by molar-refractivity contribution is 7.98. The molecular formula is C23H26F3NO7S2. The van der Waals surface area contributed by atoms with Crippen LogP contribution >= 0.6 is 11.8 Å². The Balaban J connectivity index is 1.47. The van der Waals surface area contributed by atoms with E-state index in [1.807, 2.05) is 0 Å². The highest BCUT2D eigenvalue weighted by atomic mass is 32.2. The lowest BCUT2D eigenvalue weighted by molar-refractivity contribution is -0.274. The van der Waals surface area contributed by atoms with Gasteiger partial charge in [0.25, 0.3) is 5.91 Å². The number of halogens is 3. The molecule has 1 saturated heterocycles. The Morgan fingerprint density at radius 1 is 1.11 bits per heavy atom. The topological polar surface area (TPSA) is 111 Å². The third-order valence-corrected chi connectivity index (χ3v) is 9.20. The van der Waals surface area contributed by atoms with Crippen LogP contribution in [0.3, 0.4) is 0 Å². The van der Waals surface area contributed by atoms with Gasteiger partial charge >= 0.3 is 6.36 Å². The molecule has 1 aliphatic rings. The molecule has 0 atom stereocenters. The Hall–Kier alpha value is -2.48. The number of amides is 1. The van der Waals surface area contributed by atoms with Crippen molar-refractivity contribution in [3.05, 3.63) is 54.1 Å². The first kappa shape index (κ1) is 28.1. The monoisotopic (exact) mass is 549 g/mol. The molecule has 198 valence electrons. The first-order chi connectivity index (χ1) is 17.1. The van der Waals surface area contributed by atoms with E-state index in [2.05, 4.69) is 4.74 Å². The quantitative estimate of drug-likeness (QED) is 0.245. The molecule has 1 aliphatic heterocycles. The average molecular weight is 550 g/mol. The maximum Gasteiger partial charge on any atom is 0.573 e. The largest absolute Gasteiger partial charge is 0.573 e. The number of thioether (sulfide) groups is 1. The van der Waals surface area contributed by atoms with Crippen LogP contribution in [0.4, 0.5) is 13.2 Å². The van der Waals surface area contributed by atoms with Gasteiger partial charge in [-0.15, -0.1) is 13.2 Å². The van der Waals surface area contributed by atoms with Gasteiger partial charge in [0, 0.05) is 19.0 Å². The molecule has 1 amide bonds. The van der Waals surface area contributed by atoms with E-state index in [9.17, 15) is 26.4 Å². The van der Waals surface area contributed by atoms with Crippen LogP contribution in [0.15, 0.2) is 53.4 Å². The Bertz CT molecular complexity index is 1120. The number of hydrogen-bond acceptors (Lipinski definition) is 8. The van der Waals surface area contributed by atoms with Crippen molar-refractivity contribution in [2.45, 2.75) is 41.0 Å². The molecule has 0 aliphatic carbocycles. The van der Waals surface area contributed by atoms with Crippen molar-refractivity contribution in [2.24, 2.45) is 0 Å². The molecule has 0 aromatic heterocycles. The van der Waals surface area contributed by atoms with Crippen LogP contribution in [-0.2, 0) is 25.1 Å². The van der Waals surface area contributed by atoms with Gasteiger partial charge in [-0.05, 0) is 67.0 Å². The van der Waals surface area contributed by atoms with Crippen LogP contribution in [0.1, 0.15) is 24.8 Å². The number of nitrogens with one attached hydrogen (secondary N) is 1. The normalized spacial score (nSPS) is 15.8. The molecule has 1 heterocycles. The standard InChI is InChI=1S/C23H26F3NO7S2/c24-23(25,26)34-19-4-1-3-17(15-19)16-35-14-2-11-33-18-5-7-20(8-6-18)36(30,31)22(21(28)27-29)9-12-32-13-10-22/h1,3-8,15,29H,2,9-14,16H2,(H,27,28). The number of benzene rings is 2. The highest BCUT2D eigenvalue weighted by Crippen LogP contribution is 2.36. The SMILES string of the molecule is O=C(NO)C1(S(=O)(=O)c2ccc(OCCCSCc3cccc(OC(F)(F)F)c3)cc2)CCOCC1. The Morgan fingerprint density at radius 2 is 1.81 bits per heavy atom. The number of carbonyl (C=O) groups excluding carboxylic acids is 1. The van der Waals surface area contributed by atoms with Gasteiger partial charge in [0.2, 0.25) is 0 Å². The lowest BCUT2D eigenvalue weighted by Gasteiger charge is -2.34. The fraction of sp³-hybridized carbons (Fsp3) is 0.435. The minimum atomic E-state index is -4.73. The zero-order valence-electron chi connectivity index (χ0n) is 19.1. The van der Waals surface area contributed by atoms with E-state index in [-0.39, 0.29) is 36.7 Å². The van der Waals surface area contributed by atoms with Crippen LogP contribution in [-0.4, -0.2) is 56.2 Å². The highest BCUT2D eigenvalue weighted by Gasteiger charge is 2.52. The second kappa shape index (κ2) is 12.2. The number of ether oxygens (including phenoxy) is 3. The molecule has 0 radical (unpaired) electrons. The molecule has 13 heteroatoms. The summed E-state index contributed by atoms with van der Waals surface area (Å²) in [5, 5.41) is 9.11. The van der Waals surface area contributed by atoms with Crippen LogP contribution in [0, 0.1) is 0 Å². The van der Waals surface area contributed by atoms with E-state index >= 15 is 0 Å². The summed E-state index contributed by atoms with van der Waals surface area (Å²) >= 11 is 1.53. The summed E-state index contributed by atoms with van der Waals surface area (Å²) in [6.07, 6.45) is -4.22. The van der Waals surface area contributed by atoms with E-state index < -0.39 is 26.9 Å². The second-order valence-corrected chi connectivity index (χ2v) is 11.3. The molecule has 0 spiro atoms. The summed E-state index contributed by atoms with van der Waals surface area (Å²) in [6.45, 7) is 0.516. The number of alkyl halides is 3. The lowest BCUT2D eigenvalue weighted by atomic mass is 9.98. The van der Waals surface area contributed by atoms with Gasteiger partial charge in [-0.1, -0.05) is 12.1 Å². The van der Waals surface area contributed by atoms with E-state index in [4.69, 9.17) is 14.7 Å². The van der Waals surface area contributed by atoms with Gasteiger partial charge in [-0.25, -0.2) is 13.9 Å². The number of hydrogen-bond donors (Lipinski definition) is 2. The Morgan fingerprint density at radius 3 is 2.44 bits per heavy atom. The number of carbonyl (C=O) groups is 1. The second-order valence-electron chi connectivity index (χ2n) is 7.97. The first-order valence-electron chi connectivity index (χ1n) is 11.0. The van der Waals surface area contributed by atoms with E-state index in [1.54, 1.807) is 6.07 Å². The number of hydroxylamine groups is 1. The summed E-state index contributed by atoms with van der Waals surface area (Å²) in [4.78, 5) is 12.2. The van der Waals surface area contributed by atoms with Gasteiger partial charge in [0.05, 0.1) is 11.5 Å². The van der Waals surface area contributed by atoms with Crippen molar-refractivity contribution in [3.63, 3.8) is 0 Å². The van der Waals surface area contributed by atoms with Gasteiger partial charge in [0.15, 0.2) is 14.6 Å². The fourth-order valence-electron chi connectivity index (χ4n) is 3.73. The minimum Gasteiger partial charge on any atom is -0.494 e. The van der Waals surface area contributed by atoms with Crippen LogP contribution in [0.5, 0.6) is 11.5 Å². The van der Waals surface area contributed by atoms with Gasteiger partial charge < -0.3 is 14.2 Å². The average Bonchev–Trinajstić information content (AvgIpc) is 2.85. The van der Waals surface area contributed by atoms with Crippen molar-refractivity contribution in [2.75, 3.05) is 25.6 Å². The van der Waals surface area contributed by atoms with Crippen molar-refractivity contribution in [1.82, 2.24) is 5.48 Å². The summed E-state index contributed by atoms with van der Waals surface area (Å²) in [6, 6.07) is 11.5. The van der Waals surface area contributed by atoms with E-state index in [0.29, 0.717) is 35.8 Å². The Labute approximate surface area is 211 Å². The summed E-state index contributed by atoms with van der Waals surface area (Å²) in [5.74, 6) is 0.411. The summed E-state index contributed by atoms with van der Waals surface area (Å²) in [5.41, 5.74) is 2.18. The van der Waals surface area contributed by atoms with E-state index in [0.717, 1.165) is 0 Å². The third-order valence-electron chi connectivity index (χ3n) is 5.57. The van der Waals surface area contributed by atoms with Gasteiger partial charge in [-0.3, -0.25) is 10.0 Å². The molecular weight excluding hydrogens is 523 g/mol. The molecule has 2 aromatic rings. The molecule has 1 fully saturated rings. The van der Waals surface area contributed by atoms with Crippen LogP contribution in [0.25, 0.3) is 0 Å². The fourth-order valence-corrected chi connectivity index (χ4v) is 6.56. The summed E-state index contributed by atoms with van der Waals surface area (Å²) in [7, 11) is -4.11. The molecule has 2 aromatic carbocycles. The van der Waals surface area contributed by atoms with Crippen molar-refractivity contribution >= 4 is 27.5 Å².